The molecule has 0 unspecified atom stereocenters. The number of nitrogens with zero attached hydrogens (tertiary/aromatic N) is 2. The summed E-state index contributed by atoms with van der Waals surface area (Å²) in [5.41, 5.74) is 7.84. The normalized spacial score (nSPS) is 16.9. The van der Waals surface area contributed by atoms with Gasteiger partial charge in [-0.05, 0) is 12.1 Å². The van der Waals surface area contributed by atoms with Crippen LogP contribution >= 0.6 is 0 Å². The van der Waals surface area contributed by atoms with Crippen molar-refractivity contribution in [1.82, 2.24) is 4.90 Å². The average molecular weight is 251 g/mol. The number of hydrogen-bond donors (Lipinski definition) is 2. The zero-order chi connectivity index (χ0) is 13.0. The minimum atomic E-state index is 0.224. The summed E-state index contributed by atoms with van der Waals surface area (Å²) in [6.07, 6.45) is 0. The van der Waals surface area contributed by atoms with E-state index in [1.165, 1.54) is 0 Å². The summed E-state index contributed by atoms with van der Waals surface area (Å²) in [4.78, 5) is 4.53. The molecular formula is C13H21N3O2. The first-order valence-corrected chi connectivity index (χ1v) is 6.27. The lowest BCUT2D eigenvalue weighted by Crippen LogP contribution is -2.47. The molecule has 1 aliphatic rings. The third-order valence-electron chi connectivity index (χ3n) is 3.39. The number of β-amino-alcohol motifs (C(OH)–C–C–N with tert-alkyl or cyclic N) is 1. The number of benzene rings is 1. The summed E-state index contributed by atoms with van der Waals surface area (Å²) in [7, 11) is 1.63. The smallest absolute Gasteiger partial charge is 0.143 e. The monoisotopic (exact) mass is 251 g/mol. The van der Waals surface area contributed by atoms with E-state index in [1.54, 1.807) is 7.11 Å². The van der Waals surface area contributed by atoms with E-state index in [1.807, 2.05) is 18.2 Å². The summed E-state index contributed by atoms with van der Waals surface area (Å²) in [5, 5.41) is 8.92. The Morgan fingerprint density at radius 2 is 2.00 bits per heavy atom. The van der Waals surface area contributed by atoms with Crippen molar-refractivity contribution < 1.29 is 9.84 Å². The van der Waals surface area contributed by atoms with Crippen LogP contribution in [0.5, 0.6) is 5.75 Å². The molecule has 2 rings (SSSR count). The van der Waals surface area contributed by atoms with Gasteiger partial charge < -0.3 is 20.5 Å². The van der Waals surface area contributed by atoms with E-state index in [0.29, 0.717) is 5.69 Å². The van der Waals surface area contributed by atoms with Crippen LogP contribution in [-0.2, 0) is 0 Å². The van der Waals surface area contributed by atoms with Crippen LogP contribution in [0.2, 0.25) is 0 Å². The van der Waals surface area contributed by atoms with Crippen molar-refractivity contribution in [3.8, 4) is 5.75 Å². The first-order chi connectivity index (χ1) is 8.76. The summed E-state index contributed by atoms with van der Waals surface area (Å²) < 4.78 is 5.24. The summed E-state index contributed by atoms with van der Waals surface area (Å²) in [6, 6.07) is 5.87. The molecule has 1 aliphatic heterocycles. The fourth-order valence-corrected chi connectivity index (χ4v) is 2.34. The fraction of sp³-hybridized carbons (Fsp3) is 0.538. The van der Waals surface area contributed by atoms with E-state index in [0.717, 1.165) is 44.2 Å². The Morgan fingerprint density at radius 3 is 2.61 bits per heavy atom. The van der Waals surface area contributed by atoms with Gasteiger partial charge >= 0.3 is 0 Å². The maximum Gasteiger partial charge on any atom is 0.143 e. The summed E-state index contributed by atoms with van der Waals surface area (Å²) >= 11 is 0. The van der Waals surface area contributed by atoms with Crippen LogP contribution in [0.15, 0.2) is 18.2 Å². The molecule has 0 aliphatic carbocycles. The van der Waals surface area contributed by atoms with Crippen LogP contribution in [0.1, 0.15) is 0 Å². The van der Waals surface area contributed by atoms with Crippen LogP contribution in [0.25, 0.3) is 0 Å². The molecule has 0 atom stereocenters. The van der Waals surface area contributed by atoms with E-state index in [4.69, 9.17) is 15.6 Å². The molecule has 0 aromatic heterocycles. The SMILES string of the molecule is COc1cccc(N2CCN(CCO)CC2)c1N. The molecule has 0 amide bonds. The minimum Gasteiger partial charge on any atom is -0.495 e. The van der Waals surface area contributed by atoms with Gasteiger partial charge in [-0.2, -0.15) is 0 Å². The standard InChI is InChI=1S/C13H21N3O2/c1-18-12-4-2-3-11(13(12)14)16-7-5-15(6-8-16)9-10-17/h2-4,17H,5-10,14H2,1H3. The number of rotatable bonds is 4. The van der Waals surface area contributed by atoms with Crippen molar-refractivity contribution in [1.29, 1.82) is 0 Å². The lowest BCUT2D eigenvalue weighted by atomic mass is 10.2. The van der Waals surface area contributed by atoms with Gasteiger partial charge in [0.1, 0.15) is 5.75 Å². The lowest BCUT2D eigenvalue weighted by molar-refractivity contribution is 0.189. The van der Waals surface area contributed by atoms with Crippen molar-refractivity contribution >= 4 is 11.4 Å². The number of para-hydroxylation sites is 1. The highest BCUT2D eigenvalue weighted by Gasteiger charge is 2.19. The highest BCUT2D eigenvalue weighted by Crippen LogP contribution is 2.32. The van der Waals surface area contributed by atoms with Gasteiger partial charge in [-0.25, -0.2) is 0 Å². The predicted octanol–water partition coefficient (Wildman–Crippen LogP) is 0.392. The van der Waals surface area contributed by atoms with Crippen molar-refractivity contribution in [2.45, 2.75) is 0 Å². The Kier molecular flexibility index (Phi) is 4.28. The predicted molar refractivity (Wildman–Crippen MR) is 73.1 cm³/mol. The molecule has 5 heteroatoms. The highest BCUT2D eigenvalue weighted by atomic mass is 16.5. The van der Waals surface area contributed by atoms with E-state index in [2.05, 4.69) is 9.80 Å². The highest BCUT2D eigenvalue weighted by molar-refractivity contribution is 5.74. The molecule has 18 heavy (non-hydrogen) atoms. The van der Waals surface area contributed by atoms with E-state index in [-0.39, 0.29) is 6.61 Å². The second kappa shape index (κ2) is 5.93. The first-order valence-electron chi connectivity index (χ1n) is 6.27. The number of anilines is 2. The van der Waals surface area contributed by atoms with Crippen molar-refractivity contribution in [3.05, 3.63) is 18.2 Å². The van der Waals surface area contributed by atoms with Gasteiger partial charge in [0.15, 0.2) is 0 Å². The first kappa shape index (κ1) is 13.0. The van der Waals surface area contributed by atoms with Crippen LogP contribution < -0.4 is 15.4 Å². The number of piperazine rings is 1. The average Bonchev–Trinajstić information content (AvgIpc) is 2.41. The molecule has 0 bridgehead atoms. The molecule has 0 radical (unpaired) electrons. The van der Waals surface area contributed by atoms with Gasteiger partial charge in [-0.3, -0.25) is 4.90 Å². The molecule has 1 aromatic rings. The Labute approximate surface area is 108 Å². The van der Waals surface area contributed by atoms with Crippen LogP contribution in [0.3, 0.4) is 0 Å². The molecule has 1 saturated heterocycles. The molecule has 5 nitrogen and oxygen atoms in total. The Balaban J connectivity index is 2.05. The van der Waals surface area contributed by atoms with Crippen molar-refractivity contribution in [2.75, 3.05) is 57.1 Å². The van der Waals surface area contributed by atoms with Gasteiger partial charge in [-0.15, -0.1) is 0 Å². The number of nitrogen functional groups attached to an aromatic ring is 1. The molecule has 0 spiro atoms. The third kappa shape index (κ3) is 2.68. The van der Waals surface area contributed by atoms with Gasteiger partial charge in [-0.1, -0.05) is 6.07 Å². The van der Waals surface area contributed by atoms with E-state index >= 15 is 0 Å². The molecular weight excluding hydrogens is 230 g/mol. The number of ether oxygens (including phenoxy) is 1. The quantitative estimate of drug-likeness (QED) is 0.758. The Morgan fingerprint density at radius 1 is 1.28 bits per heavy atom. The van der Waals surface area contributed by atoms with Crippen molar-refractivity contribution in [2.24, 2.45) is 0 Å². The maximum absolute atomic E-state index is 8.92. The number of aliphatic hydroxyl groups excluding tert-OH is 1. The fourth-order valence-electron chi connectivity index (χ4n) is 2.34. The molecule has 0 saturated carbocycles. The van der Waals surface area contributed by atoms with Crippen LogP contribution in [0.4, 0.5) is 11.4 Å². The molecule has 100 valence electrons. The zero-order valence-corrected chi connectivity index (χ0v) is 10.8. The molecule has 3 N–H and O–H groups in total. The third-order valence-corrected chi connectivity index (χ3v) is 3.39. The second-order valence-corrected chi connectivity index (χ2v) is 4.45. The molecule has 1 aromatic carbocycles. The van der Waals surface area contributed by atoms with Gasteiger partial charge in [0.2, 0.25) is 0 Å². The topological polar surface area (TPSA) is 62.0 Å². The Bertz CT molecular complexity index is 390. The minimum absolute atomic E-state index is 0.224. The van der Waals surface area contributed by atoms with Gasteiger partial charge in [0.25, 0.3) is 0 Å². The number of aliphatic hydroxyl groups is 1. The second-order valence-electron chi connectivity index (χ2n) is 4.45. The van der Waals surface area contributed by atoms with Crippen LogP contribution in [-0.4, -0.2) is 56.4 Å². The maximum atomic E-state index is 8.92. The van der Waals surface area contributed by atoms with Gasteiger partial charge in [0.05, 0.1) is 25.1 Å². The zero-order valence-electron chi connectivity index (χ0n) is 10.8. The molecule has 1 heterocycles. The Hall–Kier alpha value is -1.46. The van der Waals surface area contributed by atoms with Crippen LogP contribution in [0, 0.1) is 0 Å². The molecule has 1 fully saturated rings. The number of nitrogens with two attached hydrogens (primary N) is 1. The summed E-state index contributed by atoms with van der Waals surface area (Å²) in [6.45, 7) is 4.74. The van der Waals surface area contributed by atoms with E-state index < -0.39 is 0 Å². The largest absolute Gasteiger partial charge is 0.495 e. The summed E-state index contributed by atoms with van der Waals surface area (Å²) in [5.74, 6) is 0.727. The van der Waals surface area contributed by atoms with E-state index in [9.17, 15) is 0 Å². The lowest BCUT2D eigenvalue weighted by Gasteiger charge is -2.36. The van der Waals surface area contributed by atoms with Crippen molar-refractivity contribution in [3.63, 3.8) is 0 Å². The van der Waals surface area contributed by atoms with Gasteiger partial charge in [0, 0.05) is 32.7 Å². The number of hydrogen-bond acceptors (Lipinski definition) is 5. The number of methoxy groups -OCH3 is 1.